The van der Waals surface area contributed by atoms with Crippen LogP contribution >= 0.6 is 0 Å². The molecule has 1 fully saturated rings. The van der Waals surface area contributed by atoms with Crippen LogP contribution in [0.1, 0.15) is 30.9 Å². The van der Waals surface area contributed by atoms with Crippen molar-refractivity contribution in [3.8, 4) is 6.07 Å². The summed E-state index contributed by atoms with van der Waals surface area (Å²) in [5.41, 5.74) is 1.86. The number of hydrogen-bond donors (Lipinski definition) is 3. The van der Waals surface area contributed by atoms with E-state index in [1.165, 1.54) is 19.1 Å². The molecule has 0 unspecified atom stereocenters. The van der Waals surface area contributed by atoms with Crippen molar-refractivity contribution in [2.24, 2.45) is 0 Å². The minimum atomic E-state index is -0.773. The highest BCUT2D eigenvalue weighted by Crippen LogP contribution is 2.15. The molecule has 33 heavy (non-hydrogen) atoms. The predicted octanol–water partition coefficient (Wildman–Crippen LogP) is 2.56. The van der Waals surface area contributed by atoms with Crippen LogP contribution in [0.5, 0.6) is 0 Å². The molecule has 1 heterocycles. The van der Waals surface area contributed by atoms with Gasteiger partial charge in [0.05, 0.1) is 11.6 Å². The normalized spacial score (nSPS) is 14.6. The zero-order valence-electron chi connectivity index (χ0n) is 18.3. The Morgan fingerprint density at radius 2 is 1.73 bits per heavy atom. The maximum atomic E-state index is 13.2. The fourth-order valence-corrected chi connectivity index (χ4v) is 3.67. The highest BCUT2D eigenvalue weighted by atomic mass is 19.1. The van der Waals surface area contributed by atoms with Gasteiger partial charge in [-0.1, -0.05) is 12.1 Å². The lowest BCUT2D eigenvalue weighted by Gasteiger charge is -2.33. The van der Waals surface area contributed by atoms with E-state index in [-0.39, 0.29) is 36.1 Å². The number of carbonyl (C=O) groups excluding carboxylic acids is 3. The summed E-state index contributed by atoms with van der Waals surface area (Å²) in [6, 6.07) is 13.3. The number of amides is 4. The van der Waals surface area contributed by atoms with Gasteiger partial charge in [-0.2, -0.15) is 5.26 Å². The third-order valence-corrected chi connectivity index (χ3v) is 5.44. The average molecular weight is 452 g/mol. The Hall–Kier alpha value is -3.93. The Labute approximate surface area is 191 Å². The maximum Gasteiger partial charge on any atom is 0.321 e. The van der Waals surface area contributed by atoms with E-state index in [4.69, 9.17) is 5.26 Å². The van der Waals surface area contributed by atoms with Gasteiger partial charge in [0.15, 0.2) is 0 Å². The smallest absolute Gasteiger partial charge is 0.321 e. The van der Waals surface area contributed by atoms with Crippen molar-refractivity contribution in [2.75, 3.05) is 18.4 Å². The lowest BCUT2D eigenvalue weighted by Crippen LogP contribution is -2.53. The van der Waals surface area contributed by atoms with Gasteiger partial charge in [0.1, 0.15) is 11.9 Å². The first-order valence-corrected chi connectivity index (χ1v) is 10.7. The number of benzene rings is 2. The van der Waals surface area contributed by atoms with Gasteiger partial charge in [0.2, 0.25) is 11.8 Å². The summed E-state index contributed by atoms with van der Waals surface area (Å²) in [5, 5.41) is 17.3. The molecular weight excluding hydrogens is 425 g/mol. The second-order valence-corrected chi connectivity index (χ2v) is 7.97. The number of likely N-dealkylation sites (tertiary alicyclic amines) is 1. The summed E-state index contributed by atoms with van der Waals surface area (Å²) in [5.74, 6) is -1.00. The Morgan fingerprint density at radius 3 is 2.30 bits per heavy atom. The molecule has 3 N–H and O–H groups in total. The average Bonchev–Trinajstić information content (AvgIpc) is 2.80. The predicted molar refractivity (Wildman–Crippen MR) is 121 cm³/mol. The number of nitrogens with zero attached hydrogens (tertiary/aromatic N) is 2. The second-order valence-electron chi connectivity index (χ2n) is 7.97. The summed E-state index contributed by atoms with van der Waals surface area (Å²) < 4.78 is 13.2. The fourth-order valence-electron chi connectivity index (χ4n) is 3.67. The Morgan fingerprint density at radius 1 is 1.09 bits per heavy atom. The minimum absolute atomic E-state index is 0.124. The van der Waals surface area contributed by atoms with Gasteiger partial charge in [0, 0.05) is 38.2 Å². The summed E-state index contributed by atoms with van der Waals surface area (Å²) >= 11 is 0. The molecule has 0 aliphatic carbocycles. The molecule has 1 saturated heterocycles. The number of carbonyl (C=O) groups is 3. The first kappa shape index (κ1) is 23.7. The first-order valence-electron chi connectivity index (χ1n) is 10.7. The van der Waals surface area contributed by atoms with Gasteiger partial charge in [-0.15, -0.1) is 0 Å². The van der Waals surface area contributed by atoms with Gasteiger partial charge in [-0.05, 0) is 54.8 Å². The molecule has 2 aromatic rings. The van der Waals surface area contributed by atoms with E-state index < -0.39 is 6.04 Å². The number of anilines is 1. The molecule has 0 radical (unpaired) electrons. The Balaban J connectivity index is 1.50. The Bertz CT molecular complexity index is 1030. The van der Waals surface area contributed by atoms with Crippen molar-refractivity contribution in [2.45, 2.75) is 38.3 Å². The van der Waals surface area contributed by atoms with Gasteiger partial charge >= 0.3 is 6.03 Å². The monoisotopic (exact) mass is 451 g/mol. The third-order valence-electron chi connectivity index (χ3n) is 5.44. The van der Waals surface area contributed by atoms with Crippen LogP contribution in [0.2, 0.25) is 0 Å². The molecule has 2 aromatic carbocycles. The van der Waals surface area contributed by atoms with Crippen molar-refractivity contribution in [1.82, 2.24) is 15.5 Å². The summed E-state index contributed by atoms with van der Waals surface area (Å²) in [7, 11) is 0. The van der Waals surface area contributed by atoms with E-state index in [1.807, 2.05) is 6.07 Å². The van der Waals surface area contributed by atoms with Crippen molar-refractivity contribution in [3.05, 3.63) is 65.5 Å². The van der Waals surface area contributed by atoms with Crippen molar-refractivity contribution < 1.29 is 18.8 Å². The topological polar surface area (TPSA) is 114 Å². The second kappa shape index (κ2) is 11.1. The van der Waals surface area contributed by atoms with E-state index in [1.54, 1.807) is 41.3 Å². The number of nitrogens with one attached hydrogen (secondary N) is 3. The summed E-state index contributed by atoms with van der Waals surface area (Å²) in [6.07, 6.45) is 1.41. The molecular formula is C24H26FN5O3. The van der Waals surface area contributed by atoms with Gasteiger partial charge in [-0.25, -0.2) is 9.18 Å². The SMILES string of the molecule is CC(=O)N[C@@H](Cc1ccc(F)cc1)C(=O)NC1CCN(C(=O)Nc2ccc(C#N)cc2)CC1. The molecule has 1 aliphatic rings. The molecule has 3 rings (SSSR count). The van der Waals surface area contributed by atoms with Gasteiger partial charge < -0.3 is 20.9 Å². The van der Waals surface area contributed by atoms with Crippen LogP contribution in [0.4, 0.5) is 14.9 Å². The standard InChI is InChI=1S/C24H26FN5O3/c1-16(31)27-22(14-17-2-6-19(25)7-3-17)23(32)28-21-10-12-30(13-11-21)24(33)29-20-8-4-18(15-26)5-9-20/h2-9,21-22H,10-14H2,1H3,(H,27,31)(H,28,32)(H,29,33)/t22-/m0/s1. The molecule has 172 valence electrons. The minimum Gasteiger partial charge on any atom is -0.351 e. The van der Waals surface area contributed by atoms with Crippen LogP contribution in [0.15, 0.2) is 48.5 Å². The molecule has 0 saturated carbocycles. The number of nitriles is 1. The molecule has 1 aliphatic heterocycles. The molecule has 0 spiro atoms. The fraction of sp³-hybridized carbons (Fsp3) is 0.333. The van der Waals surface area contributed by atoms with E-state index >= 15 is 0 Å². The van der Waals surface area contributed by atoms with Crippen LogP contribution in [-0.4, -0.2) is 47.9 Å². The lowest BCUT2D eigenvalue weighted by atomic mass is 10.0. The lowest BCUT2D eigenvalue weighted by molar-refractivity contribution is -0.128. The van der Waals surface area contributed by atoms with Crippen LogP contribution in [0.25, 0.3) is 0 Å². The van der Waals surface area contributed by atoms with E-state index in [9.17, 15) is 18.8 Å². The Kier molecular flexibility index (Phi) is 7.97. The van der Waals surface area contributed by atoms with Crippen molar-refractivity contribution in [1.29, 1.82) is 5.26 Å². The van der Waals surface area contributed by atoms with Crippen molar-refractivity contribution in [3.63, 3.8) is 0 Å². The number of rotatable bonds is 6. The third kappa shape index (κ3) is 7.04. The van der Waals surface area contributed by atoms with Gasteiger partial charge in [0.25, 0.3) is 0 Å². The van der Waals surface area contributed by atoms with E-state index in [0.29, 0.717) is 37.2 Å². The van der Waals surface area contributed by atoms with Crippen LogP contribution in [-0.2, 0) is 16.0 Å². The summed E-state index contributed by atoms with van der Waals surface area (Å²) in [4.78, 5) is 38.6. The molecule has 0 aromatic heterocycles. The number of piperidine rings is 1. The van der Waals surface area contributed by atoms with Crippen LogP contribution in [0.3, 0.4) is 0 Å². The quantitative estimate of drug-likeness (QED) is 0.626. The highest BCUT2D eigenvalue weighted by Gasteiger charge is 2.27. The van der Waals surface area contributed by atoms with Crippen molar-refractivity contribution >= 4 is 23.5 Å². The summed E-state index contributed by atoms with van der Waals surface area (Å²) in [6.45, 7) is 2.28. The van der Waals surface area contributed by atoms with Gasteiger partial charge in [-0.3, -0.25) is 9.59 Å². The zero-order valence-corrected chi connectivity index (χ0v) is 18.3. The molecule has 4 amide bonds. The highest BCUT2D eigenvalue weighted by molar-refractivity contribution is 5.89. The number of hydrogen-bond acceptors (Lipinski definition) is 4. The first-order chi connectivity index (χ1) is 15.8. The van der Waals surface area contributed by atoms with Crippen LogP contribution < -0.4 is 16.0 Å². The number of halogens is 1. The molecule has 0 bridgehead atoms. The number of urea groups is 1. The van der Waals surface area contributed by atoms with Crippen LogP contribution in [0, 0.1) is 17.1 Å². The van der Waals surface area contributed by atoms with E-state index in [2.05, 4.69) is 16.0 Å². The zero-order chi connectivity index (χ0) is 23.8. The molecule has 8 nitrogen and oxygen atoms in total. The van der Waals surface area contributed by atoms with E-state index in [0.717, 1.165) is 5.56 Å². The molecule has 1 atom stereocenters. The largest absolute Gasteiger partial charge is 0.351 e. The molecule has 9 heteroatoms. The maximum absolute atomic E-state index is 13.2.